The molecule has 0 aliphatic carbocycles. The smallest absolute Gasteiger partial charge is 0.344 e. The normalized spacial score (nSPS) is 10.8. The molecule has 0 saturated heterocycles. The van der Waals surface area contributed by atoms with Crippen molar-refractivity contribution in [2.45, 2.75) is 20.0 Å². The van der Waals surface area contributed by atoms with Crippen LogP contribution in [0.3, 0.4) is 0 Å². The van der Waals surface area contributed by atoms with Crippen molar-refractivity contribution in [1.82, 2.24) is 0 Å². The van der Waals surface area contributed by atoms with Crippen molar-refractivity contribution in [3.05, 3.63) is 27.8 Å². The van der Waals surface area contributed by atoms with Crippen LogP contribution in [-0.2, 0) is 6.14 Å². The fourth-order valence-corrected chi connectivity index (χ4v) is 2.16. The molecular formula is C9H11IO3. The molecule has 0 aromatic heterocycles. The van der Waals surface area contributed by atoms with Gasteiger partial charge in [-0.1, -0.05) is 12.1 Å². The molecule has 3 nitrogen and oxygen atoms in total. The Morgan fingerprint density at radius 3 is 2.38 bits per heavy atom. The Morgan fingerprint density at radius 2 is 1.85 bits per heavy atom. The van der Waals surface area contributed by atoms with E-state index in [-0.39, 0.29) is 6.10 Å². The Kier molecular flexibility index (Phi) is 3.65. The predicted octanol–water partition coefficient (Wildman–Crippen LogP) is 2.84. The van der Waals surface area contributed by atoms with Gasteiger partial charge in [0.2, 0.25) is 0 Å². The molecule has 0 bridgehead atoms. The summed E-state index contributed by atoms with van der Waals surface area (Å²) in [5.74, 6) is 0.465. The van der Waals surface area contributed by atoms with Crippen molar-refractivity contribution < 1.29 is 10.9 Å². The highest BCUT2D eigenvalue weighted by Gasteiger charge is 2.08. The molecule has 0 amide bonds. The summed E-state index contributed by atoms with van der Waals surface area (Å²) in [6.07, 6.45) is -0.00280. The fourth-order valence-electron chi connectivity index (χ4n) is 0.922. The molecule has 0 saturated carbocycles. The van der Waals surface area contributed by atoms with E-state index in [0.717, 1.165) is 0 Å². The SMILES string of the molecule is CC(C)Oc1ccccc1I(=O)=O. The van der Waals surface area contributed by atoms with Crippen molar-refractivity contribution in [3.8, 4) is 5.75 Å². The van der Waals surface area contributed by atoms with Crippen LogP contribution in [0, 0.1) is 3.57 Å². The molecule has 0 heterocycles. The van der Waals surface area contributed by atoms with Crippen molar-refractivity contribution in [2.24, 2.45) is 0 Å². The molecule has 0 aliphatic heterocycles. The topological polar surface area (TPSA) is 43.4 Å². The van der Waals surface area contributed by atoms with Gasteiger partial charge >= 0.3 is 19.8 Å². The molecule has 0 fully saturated rings. The maximum Gasteiger partial charge on any atom is 0.344 e. The van der Waals surface area contributed by atoms with E-state index >= 15 is 0 Å². The van der Waals surface area contributed by atoms with E-state index in [4.69, 9.17) is 4.74 Å². The van der Waals surface area contributed by atoms with Crippen LogP contribution in [0.1, 0.15) is 13.8 Å². The number of hydrogen-bond acceptors (Lipinski definition) is 3. The first kappa shape index (κ1) is 10.4. The highest BCUT2D eigenvalue weighted by Crippen LogP contribution is 2.28. The quantitative estimate of drug-likeness (QED) is 0.805. The van der Waals surface area contributed by atoms with Crippen LogP contribution < -0.4 is 4.74 Å². The average molecular weight is 294 g/mol. The number of rotatable bonds is 3. The Hall–Kier alpha value is -0.650. The number of para-hydroxylation sites is 1. The second-order valence-electron chi connectivity index (χ2n) is 2.81. The molecule has 4 heteroatoms. The van der Waals surface area contributed by atoms with Gasteiger partial charge in [-0.05, 0) is 26.0 Å². The molecule has 13 heavy (non-hydrogen) atoms. The summed E-state index contributed by atoms with van der Waals surface area (Å²) in [6, 6.07) is 6.71. The van der Waals surface area contributed by atoms with Gasteiger partial charge in [-0.2, -0.15) is 0 Å². The Balaban J connectivity index is 3.05. The van der Waals surface area contributed by atoms with E-state index < -0.39 is 19.8 Å². The van der Waals surface area contributed by atoms with Crippen molar-refractivity contribution in [1.29, 1.82) is 0 Å². The minimum absolute atomic E-state index is 0.00280. The molecule has 0 atom stereocenters. The van der Waals surface area contributed by atoms with Crippen LogP contribution in [0.15, 0.2) is 24.3 Å². The van der Waals surface area contributed by atoms with E-state index in [0.29, 0.717) is 9.32 Å². The van der Waals surface area contributed by atoms with Gasteiger partial charge in [0.1, 0.15) is 9.32 Å². The van der Waals surface area contributed by atoms with Gasteiger partial charge in [-0.3, -0.25) is 0 Å². The van der Waals surface area contributed by atoms with E-state index in [1.54, 1.807) is 24.3 Å². The summed E-state index contributed by atoms with van der Waals surface area (Å²) in [5.41, 5.74) is 0. The third-order valence-corrected chi connectivity index (χ3v) is 3.21. The molecule has 0 aliphatic rings. The molecule has 0 N–H and O–H groups in total. The van der Waals surface area contributed by atoms with Crippen LogP contribution in [0.4, 0.5) is 0 Å². The molecule has 72 valence electrons. The first-order valence-electron chi connectivity index (χ1n) is 3.92. The van der Waals surface area contributed by atoms with Crippen LogP contribution in [0.2, 0.25) is 0 Å². The zero-order valence-corrected chi connectivity index (χ0v) is 9.65. The summed E-state index contributed by atoms with van der Waals surface area (Å²) in [5, 5.41) is 0. The summed E-state index contributed by atoms with van der Waals surface area (Å²) >= 11 is -3.42. The number of ether oxygens (including phenoxy) is 1. The average Bonchev–Trinajstić information content (AvgIpc) is 2.03. The van der Waals surface area contributed by atoms with Crippen LogP contribution in [0.5, 0.6) is 5.75 Å². The monoisotopic (exact) mass is 294 g/mol. The lowest BCUT2D eigenvalue weighted by atomic mass is 10.3. The Labute approximate surface area is 84.3 Å². The number of hydrogen-bond donors (Lipinski definition) is 0. The van der Waals surface area contributed by atoms with Crippen LogP contribution >= 0.6 is 19.8 Å². The lowest BCUT2D eigenvalue weighted by Gasteiger charge is -2.09. The van der Waals surface area contributed by atoms with Gasteiger partial charge in [0.05, 0.1) is 6.10 Å². The Bertz CT molecular complexity index is 348. The van der Waals surface area contributed by atoms with Gasteiger partial charge < -0.3 is 4.74 Å². The van der Waals surface area contributed by atoms with Gasteiger partial charge in [0.15, 0.2) is 0 Å². The maximum atomic E-state index is 10.9. The molecular weight excluding hydrogens is 283 g/mol. The van der Waals surface area contributed by atoms with E-state index in [2.05, 4.69) is 0 Å². The van der Waals surface area contributed by atoms with Gasteiger partial charge in [0.25, 0.3) is 0 Å². The lowest BCUT2D eigenvalue weighted by molar-refractivity contribution is 0.240. The van der Waals surface area contributed by atoms with E-state index in [9.17, 15) is 6.14 Å². The fraction of sp³-hybridized carbons (Fsp3) is 0.333. The molecule has 1 aromatic carbocycles. The highest BCUT2D eigenvalue weighted by atomic mass is 127. The van der Waals surface area contributed by atoms with Crippen molar-refractivity contribution in [2.75, 3.05) is 0 Å². The molecule has 0 spiro atoms. The van der Waals surface area contributed by atoms with Gasteiger partial charge in [-0.25, -0.2) is 6.14 Å². The maximum absolute atomic E-state index is 10.9. The minimum atomic E-state index is -3.42. The third-order valence-electron chi connectivity index (χ3n) is 1.37. The highest BCUT2D eigenvalue weighted by molar-refractivity contribution is 14.2. The van der Waals surface area contributed by atoms with Crippen molar-refractivity contribution in [3.63, 3.8) is 0 Å². The Morgan fingerprint density at radius 1 is 1.23 bits per heavy atom. The lowest BCUT2D eigenvalue weighted by Crippen LogP contribution is -2.06. The first-order valence-corrected chi connectivity index (χ1v) is 6.76. The zero-order valence-electron chi connectivity index (χ0n) is 7.49. The number of halogens is 1. The van der Waals surface area contributed by atoms with Crippen LogP contribution in [-0.4, -0.2) is 6.10 Å². The minimum Gasteiger partial charge on any atom is -0.490 e. The molecule has 0 radical (unpaired) electrons. The second kappa shape index (κ2) is 4.55. The van der Waals surface area contributed by atoms with Crippen molar-refractivity contribution >= 4 is 19.8 Å². The second-order valence-corrected chi connectivity index (χ2v) is 5.22. The summed E-state index contributed by atoms with van der Waals surface area (Å²) in [4.78, 5) is 0. The third kappa shape index (κ3) is 2.95. The predicted molar refractivity (Wildman–Crippen MR) is 56.3 cm³/mol. The summed E-state index contributed by atoms with van der Waals surface area (Å²) < 4.78 is 27.4. The summed E-state index contributed by atoms with van der Waals surface area (Å²) in [7, 11) is 0. The van der Waals surface area contributed by atoms with E-state index in [1.165, 1.54) is 0 Å². The van der Waals surface area contributed by atoms with Crippen LogP contribution in [0.25, 0.3) is 0 Å². The summed E-state index contributed by atoms with van der Waals surface area (Å²) in [6.45, 7) is 3.73. The molecule has 0 unspecified atom stereocenters. The van der Waals surface area contributed by atoms with Gasteiger partial charge in [0, 0.05) is 0 Å². The van der Waals surface area contributed by atoms with Gasteiger partial charge in [-0.15, -0.1) is 0 Å². The first-order chi connectivity index (χ1) is 6.11. The standard InChI is InChI=1S/C9H11IO3/c1-7(2)13-9-6-4-3-5-8(9)10(11)12/h3-7H,1-2H3. The molecule has 1 rings (SSSR count). The molecule has 1 aromatic rings. The zero-order chi connectivity index (χ0) is 9.84. The number of benzene rings is 1. The largest absolute Gasteiger partial charge is 0.490 e. The van der Waals surface area contributed by atoms with E-state index in [1.807, 2.05) is 13.8 Å².